The number of carbonyl (C=O) groups is 3. The van der Waals surface area contributed by atoms with Gasteiger partial charge in [-0.15, -0.1) is 6.58 Å². The van der Waals surface area contributed by atoms with E-state index in [1.807, 2.05) is 0 Å². The van der Waals surface area contributed by atoms with Crippen LogP contribution in [0.3, 0.4) is 0 Å². The van der Waals surface area contributed by atoms with E-state index in [4.69, 9.17) is 33.2 Å². The van der Waals surface area contributed by atoms with Gasteiger partial charge in [-0.3, -0.25) is 0 Å². The molecule has 4 aromatic carbocycles. The van der Waals surface area contributed by atoms with Crippen molar-refractivity contribution in [3.63, 3.8) is 0 Å². The largest absolute Gasteiger partial charge is 0.497 e. The number of hydrogen-bond acceptors (Lipinski definition) is 10. The number of hydrogen-bond donors (Lipinski definition) is 0. The van der Waals surface area contributed by atoms with Crippen LogP contribution in [0.2, 0.25) is 0 Å². The molecule has 47 heavy (non-hydrogen) atoms. The number of methoxy groups -OCH3 is 1. The van der Waals surface area contributed by atoms with Gasteiger partial charge in [-0.1, -0.05) is 60.7 Å². The molecule has 4 aromatic rings. The summed E-state index contributed by atoms with van der Waals surface area (Å²) in [6.45, 7) is 3.39. The van der Waals surface area contributed by atoms with Gasteiger partial charge >= 0.3 is 17.9 Å². The van der Waals surface area contributed by atoms with Gasteiger partial charge in [0.15, 0.2) is 12.2 Å². The van der Waals surface area contributed by atoms with Crippen LogP contribution in [0.4, 0.5) is 0 Å². The summed E-state index contributed by atoms with van der Waals surface area (Å²) in [5, 5.41) is 0. The Morgan fingerprint density at radius 1 is 0.660 bits per heavy atom. The quantitative estimate of drug-likeness (QED) is 0.103. The molecule has 0 saturated carbocycles. The van der Waals surface area contributed by atoms with Gasteiger partial charge in [-0.25, -0.2) is 14.4 Å². The van der Waals surface area contributed by atoms with Gasteiger partial charge in [0.1, 0.15) is 30.3 Å². The van der Waals surface area contributed by atoms with Crippen LogP contribution < -0.4 is 9.47 Å². The molecule has 242 valence electrons. The number of carbonyl (C=O) groups excluding carboxylic acids is 3. The summed E-state index contributed by atoms with van der Waals surface area (Å²) < 4.78 is 41.7. The molecule has 0 N–H and O–H groups in total. The lowest BCUT2D eigenvalue weighted by Gasteiger charge is -2.44. The molecular formula is C37H34O10. The van der Waals surface area contributed by atoms with Crippen LogP contribution in [0.1, 0.15) is 31.1 Å². The summed E-state index contributed by atoms with van der Waals surface area (Å²) in [6, 6.07) is 31.8. The van der Waals surface area contributed by atoms with Crippen molar-refractivity contribution in [3.05, 3.63) is 145 Å². The molecule has 0 amide bonds. The Morgan fingerprint density at radius 3 is 1.66 bits per heavy atom. The second-order valence-electron chi connectivity index (χ2n) is 10.4. The van der Waals surface area contributed by atoms with E-state index in [1.54, 1.807) is 122 Å². The first-order chi connectivity index (χ1) is 23.0. The third-order valence-electron chi connectivity index (χ3n) is 7.20. The Labute approximate surface area is 272 Å². The maximum atomic E-state index is 13.4. The number of esters is 3. The van der Waals surface area contributed by atoms with Gasteiger partial charge in [-0.05, 0) is 60.7 Å². The number of ether oxygens (including phenoxy) is 7. The predicted octanol–water partition coefficient (Wildman–Crippen LogP) is 5.68. The van der Waals surface area contributed by atoms with Crippen LogP contribution in [0.5, 0.6) is 11.5 Å². The minimum atomic E-state index is -1.29. The Morgan fingerprint density at radius 2 is 1.15 bits per heavy atom. The van der Waals surface area contributed by atoms with E-state index in [9.17, 15) is 14.4 Å². The monoisotopic (exact) mass is 638 g/mol. The smallest absolute Gasteiger partial charge is 0.338 e. The Bertz CT molecular complexity index is 1610. The average molecular weight is 639 g/mol. The zero-order valence-corrected chi connectivity index (χ0v) is 25.6. The Hall–Kier alpha value is -5.45. The zero-order valence-electron chi connectivity index (χ0n) is 25.6. The fourth-order valence-corrected chi connectivity index (χ4v) is 4.88. The van der Waals surface area contributed by atoms with Crippen molar-refractivity contribution < 1.29 is 47.5 Å². The molecule has 1 saturated heterocycles. The molecule has 1 fully saturated rings. The van der Waals surface area contributed by atoms with Gasteiger partial charge in [0, 0.05) is 0 Å². The standard InChI is InChI=1S/C37H34O10/c1-3-23-42-32-31(46-35(39)26-15-9-5-10-16-26)30(24-43-34(38)25-13-7-4-8-14-25)45-37(44-29-21-19-28(41-2)20-22-29)33(32)47-36(40)27-17-11-6-12-18-27/h3-22,30-33,37H,1,23-24H2,2H3/t30-,31-,32+,33+,37+/m1/s1. The van der Waals surface area contributed by atoms with Gasteiger partial charge < -0.3 is 33.2 Å². The highest BCUT2D eigenvalue weighted by atomic mass is 16.7. The fraction of sp³-hybridized carbons (Fsp3) is 0.216. The lowest BCUT2D eigenvalue weighted by atomic mass is 9.97. The molecule has 10 heteroatoms. The third kappa shape index (κ3) is 8.63. The van der Waals surface area contributed by atoms with E-state index in [2.05, 4.69) is 6.58 Å². The highest BCUT2D eigenvalue weighted by Crippen LogP contribution is 2.32. The molecule has 0 unspecified atom stereocenters. The highest BCUT2D eigenvalue weighted by molar-refractivity contribution is 5.90. The van der Waals surface area contributed by atoms with Crippen molar-refractivity contribution in [2.75, 3.05) is 20.3 Å². The highest BCUT2D eigenvalue weighted by Gasteiger charge is 2.52. The van der Waals surface area contributed by atoms with Crippen LogP contribution in [-0.2, 0) is 23.7 Å². The fourth-order valence-electron chi connectivity index (χ4n) is 4.88. The van der Waals surface area contributed by atoms with Crippen LogP contribution in [0.25, 0.3) is 0 Å². The first-order valence-electron chi connectivity index (χ1n) is 14.9. The van der Waals surface area contributed by atoms with Gasteiger partial charge in [0.2, 0.25) is 6.29 Å². The minimum absolute atomic E-state index is 0.00474. The molecule has 5 atom stereocenters. The van der Waals surface area contributed by atoms with Crippen LogP contribution in [-0.4, -0.2) is 68.9 Å². The molecule has 0 bridgehead atoms. The second kappa shape index (κ2) is 16.2. The summed E-state index contributed by atoms with van der Waals surface area (Å²) in [5.74, 6) is -1.03. The molecule has 1 heterocycles. The summed E-state index contributed by atoms with van der Waals surface area (Å²) in [6.07, 6.45) is -4.54. The molecule has 10 nitrogen and oxygen atoms in total. The van der Waals surface area contributed by atoms with E-state index in [1.165, 1.54) is 6.08 Å². The van der Waals surface area contributed by atoms with E-state index < -0.39 is 48.6 Å². The van der Waals surface area contributed by atoms with Gasteiger partial charge in [0.05, 0.1) is 30.4 Å². The summed E-state index contributed by atoms with van der Waals surface area (Å²) >= 11 is 0. The normalized spacial score (nSPS) is 20.3. The van der Waals surface area contributed by atoms with Gasteiger partial charge in [-0.2, -0.15) is 0 Å². The van der Waals surface area contributed by atoms with Crippen molar-refractivity contribution in [2.45, 2.75) is 30.7 Å². The molecule has 1 aliphatic heterocycles. The maximum absolute atomic E-state index is 13.4. The van der Waals surface area contributed by atoms with Crippen molar-refractivity contribution in [2.24, 2.45) is 0 Å². The summed E-state index contributed by atoms with van der Waals surface area (Å²) in [5.41, 5.74) is 0.862. The Kier molecular flexibility index (Phi) is 11.4. The second-order valence-corrected chi connectivity index (χ2v) is 10.4. The SMILES string of the molecule is C=CCO[C@@H]1[C@H](OC(=O)c2ccccc2)[C@@H](Oc2ccc(OC)cc2)O[C@H](COC(=O)c2ccccc2)[C@H]1OC(=O)c1ccccc1. The lowest BCUT2D eigenvalue weighted by molar-refractivity contribution is -0.282. The van der Waals surface area contributed by atoms with Crippen LogP contribution >= 0.6 is 0 Å². The first-order valence-corrected chi connectivity index (χ1v) is 14.9. The third-order valence-corrected chi connectivity index (χ3v) is 7.20. The van der Waals surface area contributed by atoms with Crippen molar-refractivity contribution in [1.82, 2.24) is 0 Å². The van der Waals surface area contributed by atoms with E-state index in [0.29, 0.717) is 17.1 Å². The van der Waals surface area contributed by atoms with E-state index in [0.717, 1.165) is 0 Å². The molecule has 0 aliphatic carbocycles. The number of rotatable bonds is 13. The Balaban J connectivity index is 1.51. The molecule has 5 rings (SSSR count). The lowest BCUT2D eigenvalue weighted by Crippen LogP contribution is -2.63. The summed E-state index contributed by atoms with van der Waals surface area (Å²) in [7, 11) is 1.54. The van der Waals surface area contributed by atoms with E-state index >= 15 is 0 Å². The maximum Gasteiger partial charge on any atom is 0.338 e. The van der Waals surface area contributed by atoms with Crippen molar-refractivity contribution in [1.29, 1.82) is 0 Å². The predicted molar refractivity (Wildman–Crippen MR) is 170 cm³/mol. The molecule has 0 spiro atoms. The zero-order chi connectivity index (χ0) is 33.0. The van der Waals surface area contributed by atoms with Crippen LogP contribution in [0.15, 0.2) is 128 Å². The van der Waals surface area contributed by atoms with Crippen molar-refractivity contribution in [3.8, 4) is 11.5 Å². The van der Waals surface area contributed by atoms with Crippen molar-refractivity contribution >= 4 is 17.9 Å². The molecule has 1 aliphatic rings. The minimum Gasteiger partial charge on any atom is -0.497 e. The average Bonchev–Trinajstić information content (AvgIpc) is 3.12. The summed E-state index contributed by atoms with van der Waals surface area (Å²) in [4.78, 5) is 39.8. The van der Waals surface area contributed by atoms with Crippen LogP contribution in [0, 0.1) is 0 Å². The topological polar surface area (TPSA) is 116 Å². The van der Waals surface area contributed by atoms with Gasteiger partial charge in [0.25, 0.3) is 0 Å². The molecule has 0 radical (unpaired) electrons. The number of benzene rings is 4. The van der Waals surface area contributed by atoms with E-state index in [-0.39, 0.29) is 24.3 Å². The first kappa shape index (κ1) is 32.9. The molecular weight excluding hydrogens is 604 g/mol. The molecule has 0 aromatic heterocycles.